The number of carbonyl (C=O) groups is 1. The summed E-state index contributed by atoms with van der Waals surface area (Å²) in [4.78, 5) is 13.2. The van der Waals surface area contributed by atoms with Crippen molar-refractivity contribution in [3.05, 3.63) is 11.1 Å². The quantitative estimate of drug-likeness (QED) is 0.556. The summed E-state index contributed by atoms with van der Waals surface area (Å²) in [7, 11) is 0. The number of ketones is 1. The van der Waals surface area contributed by atoms with Gasteiger partial charge in [0, 0.05) is 12.0 Å². The average molecular weight is 343 g/mol. The molecule has 0 aromatic carbocycles. The number of Topliss-reactive ketones (excluding diaryl/α,β-unsaturated/α-hetero) is 1. The lowest BCUT2D eigenvalue weighted by Gasteiger charge is -2.55. The molecule has 4 rings (SSSR count). The predicted octanol–water partition coefficient (Wildman–Crippen LogP) is 6.71. The van der Waals surface area contributed by atoms with Crippen LogP contribution < -0.4 is 0 Å². The molecule has 3 fully saturated rings. The van der Waals surface area contributed by atoms with E-state index in [2.05, 4.69) is 27.7 Å². The second-order valence-corrected chi connectivity index (χ2v) is 10.4. The highest BCUT2D eigenvalue weighted by Gasteiger charge is 2.57. The van der Waals surface area contributed by atoms with Gasteiger partial charge < -0.3 is 0 Å². The van der Waals surface area contributed by atoms with Gasteiger partial charge in [-0.15, -0.1) is 0 Å². The summed E-state index contributed by atoms with van der Waals surface area (Å²) in [6, 6.07) is 0. The van der Waals surface area contributed by atoms with Crippen molar-refractivity contribution < 1.29 is 4.79 Å². The normalized spacial score (nSPS) is 45.0. The summed E-state index contributed by atoms with van der Waals surface area (Å²) in [5.41, 5.74) is 3.68. The molecule has 0 spiro atoms. The van der Waals surface area contributed by atoms with Crippen LogP contribution in [0.1, 0.15) is 98.3 Å². The van der Waals surface area contributed by atoms with Crippen molar-refractivity contribution in [3.63, 3.8) is 0 Å². The molecule has 140 valence electrons. The molecule has 0 aromatic rings. The van der Waals surface area contributed by atoms with E-state index >= 15 is 0 Å². The van der Waals surface area contributed by atoms with Crippen LogP contribution in [0.4, 0.5) is 0 Å². The highest BCUT2D eigenvalue weighted by atomic mass is 16.1. The van der Waals surface area contributed by atoms with Crippen LogP contribution in [0, 0.1) is 34.5 Å². The van der Waals surface area contributed by atoms with Crippen molar-refractivity contribution in [2.24, 2.45) is 34.5 Å². The summed E-state index contributed by atoms with van der Waals surface area (Å²) in [6.45, 7) is 9.74. The second-order valence-electron chi connectivity index (χ2n) is 10.4. The van der Waals surface area contributed by atoms with E-state index in [1.807, 2.05) is 0 Å². The minimum absolute atomic E-state index is 0.190. The Morgan fingerprint density at radius 2 is 1.92 bits per heavy atom. The fourth-order valence-corrected chi connectivity index (χ4v) is 7.89. The summed E-state index contributed by atoms with van der Waals surface area (Å²) < 4.78 is 0. The molecular formula is C24H38O. The molecule has 1 nitrogen and oxygen atoms in total. The van der Waals surface area contributed by atoms with Gasteiger partial charge in [0.2, 0.25) is 0 Å². The van der Waals surface area contributed by atoms with E-state index in [9.17, 15) is 4.79 Å². The molecule has 0 heterocycles. The second kappa shape index (κ2) is 6.24. The predicted molar refractivity (Wildman–Crippen MR) is 104 cm³/mol. The number of hydrogen-bond donors (Lipinski definition) is 0. The van der Waals surface area contributed by atoms with Gasteiger partial charge in [-0.2, -0.15) is 0 Å². The number of hydrogen-bond acceptors (Lipinski definition) is 1. The van der Waals surface area contributed by atoms with E-state index in [1.54, 1.807) is 5.57 Å². The zero-order valence-corrected chi connectivity index (χ0v) is 17.0. The van der Waals surface area contributed by atoms with E-state index in [1.165, 1.54) is 69.8 Å². The Hall–Kier alpha value is -0.590. The molecule has 0 saturated heterocycles. The van der Waals surface area contributed by atoms with E-state index in [-0.39, 0.29) is 5.41 Å². The first kappa shape index (κ1) is 17.8. The lowest BCUT2D eigenvalue weighted by atomic mass is 9.49. The van der Waals surface area contributed by atoms with E-state index in [0.717, 1.165) is 18.3 Å². The molecule has 0 aliphatic heterocycles. The number of allylic oxidation sites excluding steroid dienone is 2. The third-order valence-electron chi connectivity index (χ3n) is 9.21. The van der Waals surface area contributed by atoms with Crippen LogP contribution in [0.5, 0.6) is 0 Å². The molecule has 1 unspecified atom stereocenters. The van der Waals surface area contributed by atoms with Crippen molar-refractivity contribution in [1.82, 2.24) is 0 Å². The smallest absolute Gasteiger partial charge is 0.159 e. The third kappa shape index (κ3) is 2.51. The molecule has 0 aromatic heterocycles. The number of rotatable bonds is 3. The third-order valence-corrected chi connectivity index (χ3v) is 9.21. The Morgan fingerprint density at radius 1 is 1.12 bits per heavy atom. The van der Waals surface area contributed by atoms with E-state index < -0.39 is 0 Å². The average Bonchev–Trinajstić information content (AvgIpc) is 2.86. The standard InChI is InChI=1S/C24H38O/c1-5-8-16(2)20-15-21(25)22-18-11-10-17-9-6-7-13-23(17,3)19(18)12-14-24(20,22)4/h16-17,19-20H,5-15H2,1-4H3/t16-,17?,19+,20-,23+,24-/m1/s1. The van der Waals surface area contributed by atoms with Crippen molar-refractivity contribution in [2.75, 3.05) is 0 Å². The first-order valence-corrected chi connectivity index (χ1v) is 11.2. The molecule has 3 saturated carbocycles. The van der Waals surface area contributed by atoms with Crippen LogP contribution in [0.25, 0.3) is 0 Å². The summed E-state index contributed by atoms with van der Waals surface area (Å²) in [5, 5.41) is 0. The maximum Gasteiger partial charge on any atom is 0.159 e. The molecule has 25 heavy (non-hydrogen) atoms. The minimum Gasteiger partial charge on any atom is -0.295 e. The van der Waals surface area contributed by atoms with Crippen molar-refractivity contribution >= 4 is 5.78 Å². The van der Waals surface area contributed by atoms with Crippen LogP contribution in [0.2, 0.25) is 0 Å². The topological polar surface area (TPSA) is 17.1 Å². The van der Waals surface area contributed by atoms with Gasteiger partial charge in [-0.1, -0.05) is 59.0 Å². The van der Waals surface area contributed by atoms with Gasteiger partial charge in [-0.05, 0) is 73.0 Å². The lowest BCUT2D eigenvalue weighted by molar-refractivity contribution is -0.115. The van der Waals surface area contributed by atoms with Gasteiger partial charge >= 0.3 is 0 Å². The largest absolute Gasteiger partial charge is 0.295 e. The van der Waals surface area contributed by atoms with Gasteiger partial charge in [0.25, 0.3) is 0 Å². The Labute approximate surface area is 155 Å². The number of fused-ring (bicyclic) bond motifs is 4. The zero-order valence-electron chi connectivity index (χ0n) is 17.0. The van der Waals surface area contributed by atoms with Crippen molar-refractivity contribution in [3.8, 4) is 0 Å². The fraction of sp³-hybridized carbons (Fsp3) is 0.875. The van der Waals surface area contributed by atoms with Gasteiger partial charge in [-0.3, -0.25) is 4.79 Å². The van der Waals surface area contributed by atoms with Gasteiger partial charge in [0.05, 0.1) is 0 Å². The molecule has 1 heteroatoms. The van der Waals surface area contributed by atoms with Crippen molar-refractivity contribution in [2.45, 2.75) is 98.3 Å². The van der Waals surface area contributed by atoms with Gasteiger partial charge in [0.1, 0.15) is 0 Å². The van der Waals surface area contributed by atoms with Crippen LogP contribution in [-0.4, -0.2) is 5.78 Å². The molecule has 4 aliphatic rings. The number of carbonyl (C=O) groups excluding carboxylic acids is 1. The highest BCUT2D eigenvalue weighted by Crippen LogP contribution is 2.65. The van der Waals surface area contributed by atoms with Crippen LogP contribution in [-0.2, 0) is 4.79 Å². The first-order valence-electron chi connectivity index (χ1n) is 11.2. The first-order chi connectivity index (χ1) is 11.9. The Kier molecular flexibility index (Phi) is 4.44. The monoisotopic (exact) mass is 342 g/mol. The van der Waals surface area contributed by atoms with Crippen LogP contribution >= 0.6 is 0 Å². The summed E-state index contributed by atoms with van der Waals surface area (Å²) in [6.07, 6.45) is 14.3. The molecule has 6 atom stereocenters. The molecule has 0 amide bonds. The maximum atomic E-state index is 13.2. The molecule has 0 radical (unpaired) electrons. The minimum atomic E-state index is 0.190. The summed E-state index contributed by atoms with van der Waals surface area (Å²) >= 11 is 0. The molecule has 0 N–H and O–H groups in total. The Bertz CT molecular complexity index is 587. The Balaban J connectivity index is 1.73. The molecule has 4 aliphatic carbocycles. The van der Waals surface area contributed by atoms with E-state index in [0.29, 0.717) is 23.0 Å². The van der Waals surface area contributed by atoms with E-state index in [4.69, 9.17) is 0 Å². The summed E-state index contributed by atoms with van der Waals surface area (Å²) in [5.74, 6) is 3.47. The SMILES string of the molecule is CCC[C@@H](C)[C@H]1CC(=O)C2=C3CCC4CCCC[C@]4(C)[C@H]3CC[C@@]21C. The van der Waals surface area contributed by atoms with Gasteiger partial charge in [0.15, 0.2) is 5.78 Å². The van der Waals surface area contributed by atoms with Crippen molar-refractivity contribution in [1.29, 1.82) is 0 Å². The van der Waals surface area contributed by atoms with Gasteiger partial charge in [-0.25, -0.2) is 0 Å². The van der Waals surface area contributed by atoms with Crippen LogP contribution in [0.15, 0.2) is 11.1 Å². The molecule has 0 bridgehead atoms. The van der Waals surface area contributed by atoms with Crippen LogP contribution in [0.3, 0.4) is 0 Å². The fourth-order valence-electron chi connectivity index (χ4n) is 7.89. The highest BCUT2D eigenvalue weighted by molar-refractivity contribution is 6.00. The lowest BCUT2D eigenvalue weighted by Crippen LogP contribution is -2.46. The zero-order chi connectivity index (χ0) is 17.8. The maximum absolute atomic E-state index is 13.2. The Morgan fingerprint density at radius 3 is 2.68 bits per heavy atom. The molecular weight excluding hydrogens is 304 g/mol.